The number of hydrogen-bond donors (Lipinski definition) is 1. The molecular weight excluding hydrogens is 247 g/mol. The van der Waals surface area contributed by atoms with Crippen LogP contribution in [-0.4, -0.2) is 19.1 Å². The molecule has 0 heterocycles. The van der Waals surface area contributed by atoms with Gasteiger partial charge in [0.05, 0.1) is 5.56 Å². The van der Waals surface area contributed by atoms with Gasteiger partial charge in [-0.05, 0) is 30.7 Å². The lowest BCUT2D eigenvalue weighted by molar-refractivity contribution is -0.137. The molecule has 0 saturated heterocycles. The summed E-state index contributed by atoms with van der Waals surface area (Å²) in [6.07, 6.45) is -3.57. The molecule has 1 rings (SSSR count). The van der Waals surface area contributed by atoms with Gasteiger partial charge in [0.25, 0.3) is 0 Å². The number of hydrogen-bond acceptors (Lipinski definition) is 2. The first-order valence-electron chi connectivity index (χ1n) is 5.48. The maximum Gasteiger partial charge on any atom is 0.416 e. The van der Waals surface area contributed by atoms with Gasteiger partial charge in [0, 0.05) is 12.3 Å². The van der Waals surface area contributed by atoms with Crippen LogP contribution in [0.3, 0.4) is 0 Å². The second-order valence-corrected chi connectivity index (χ2v) is 3.68. The van der Waals surface area contributed by atoms with Crippen LogP contribution >= 0.6 is 0 Å². The van der Waals surface area contributed by atoms with E-state index in [-0.39, 0.29) is 12.5 Å². The molecule has 0 bridgehead atoms. The Morgan fingerprint density at radius 3 is 2.39 bits per heavy atom. The van der Waals surface area contributed by atoms with Gasteiger partial charge in [-0.25, -0.2) is 0 Å². The summed E-state index contributed by atoms with van der Waals surface area (Å²) in [6, 6.07) is 4.26. The molecule has 0 fully saturated rings. The van der Waals surface area contributed by atoms with Crippen LogP contribution in [0.2, 0.25) is 0 Å². The van der Waals surface area contributed by atoms with E-state index in [1.807, 2.05) is 6.92 Å². The van der Waals surface area contributed by atoms with Crippen LogP contribution < -0.4 is 5.32 Å². The van der Waals surface area contributed by atoms with Crippen molar-refractivity contribution in [1.29, 1.82) is 0 Å². The number of carbonyl (C=O) groups is 1. The van der Waals surface area contributed by atoms with Crippen LogP contribution in [0.15, 0.2) is 24.3 Å². The molecule has 0 aromatic heterocycles. The zero-order valence-corrected chi connectivity index (χ0v) is 9.88. The van der Waals surface area contributed by atoms with Crippen molar-refractivity contribution in [1.82, 2.24) is 0 Å². The van der Waals surface area contributed by atoms with Gasteiger partial charge in [0.1, 0.15) is 6.61 Å². The molecule has 6 heteroatoms. The highest BCUT2D eigenvalue weighted by Crippen LogP contribution is 2.29. The number of ether oxygens (including phenoxy) is 1. The summed E-state index contributed by atoms with van der Waals surface area (Å²) >= 11 is 0. The van der Waals surface area contributed by atoms with Crippen LogP contribution in [0.4, 0.5) is 18.9 Å². The topological polar surface area (TPSA) is 38.3 Å². The van der Waals surface area contributed by atoms with E-state index >= 15 is 0 Å². The summed E-state index contributed by atoms with van der Waals surface area (Å²) in [7, 11) is 0. The molecule has 1 N–H and O–H groups in total. The van der Waals surface area contributed by atoms with Crippen molar-refractivity contribution in [2.45, 2.75) is 19.5 Å². The molecule has 0 saturated carbocycles. The van der Waals surface area contributed by atoms with Crippen LogP contribution in [0, 0.1) is 0 Å². The van der Waals surface area contributed by atoms with Crippen molar-refractivity contribution in [3.8, 4) is 0 Å². The minimum absolute atomic E-state index is 0.102. The molecule has 3 nitrogen and oxygen atoms in total. The van der Waals surface area contributed by atoms with Gasteiger partial charge >= 0.3 is 6.18 Å². The van der Waals surface area contributed by atoms with Crippen molar-refractivity contribution in [3.05, 3.63) is 29.8 Å². The van der Waals surface area contributed by atoms with E-state index in [4.69, 9.17) is 4.74 Å². The molecule has 0 aliphatic rings. The highest BCUT2D eigenvalue weighted by atomic mass is 19.4. The molecule has 100 valence electrons. The van der Waals surface area contributed by atoms with E-state index in [0.29, 0.717) is 12.3 Å². The second kappa shape index (κ2) is 6.39. The number of carbonyl (C=O) groups excluding carboxylic acids is 1. The minimum Gasteiger partial charge on any atom is -0.372 e. The van der Waals surface area contributed by atoms with Gasteiger partial charge in [0.2, 0.25) is 5.91 Å². The highest BCUT2D eigenvalue weighted by Gasteiger charge is 2.29. The molecule has 0 radical (unpaired) electrons. The maximum atomic E-state index is 12.3. The van der Waals surface area contributed by atoms with Crippen molar-refractivity contribution >= 4 is 11.6 Å². The van der Waals surface area contributed by atoms with E-state index < -0.39 is 11.7 Å². The SMILES string of the molecule is CCCOCC(=O)Nc1ccc(C(F)(F)F)cc1. The predicted molar refractivity (Wildman–Crippen MR) is 61.2 cm³/mol. The number of amides is 1. The number of halogens is 3. The fourth-order valence-corrected chi connectivity index (χ4v) is 1.25. The summed E-state index contributed by atoms with van der Waals surface area (Å²) in [6.45, 7) is 2.28. The number of benzene rings is 1. The van der Waals surface area contributed by atoms with Gasteiger partial charge < -0.3 is 10.1 Å². The third-order valence-corrected chi connectivity index (χ3v) is 2.08. The molecule has 0 spiro atoms. The van der Waals surface area contributed by atoms with Gasteiger partial charge in [-0.1, -0.05) is 6.92 Å². The van der Waals surface area contributed by atoms with Gasteiger partial charge in [0.15, 0.2) is 0 Å². The van der Waals surface area contributed by atoms with Crippen molar-refractivity contribution < 1.29 is 22.7 Å². The predicted octanol–water partition coefficient (Wildman–Crippen LogP) is 3.07. The van der Waals surface area contributed by atoms with E-state index in [2.05, 4.69) is 5.32 Å². The monoisotopic (exact) mass is 261 g/mol. The van der Waals surface area contributed by atoms with Crippen LogP contribution in [0.25, 0.3) is 0 Å². The first-order chi connectivity index (χ1) is 8.43. The molecule has 1 amide bonds. The third kappa shape index (κ3) is 4.75. The first kappa shape index (κ1) is 14.5. The van der Waals surface area contributed by atoms with E-state index in [1.165, 1.54) is 12.1 Å². The summed E-state index contributed by atoms with van der Waals surface area (Å²) in [4.78, 5) is 11.3. The molecule has 0 unspecified atom stereocenters. The summed E-state index contributed by atoms with van der Waals surface area (Å²) < 4.78 is 41.8. The summed E-state index contributed by atoms with van der Waals surface area (Å²) in [5, 5.41) is 2.45. The maximum absolute atomic E-state index is 12.3. The average molecular weight is 261 g/mol. The molecule has 0 atom stereocenters. The Morgan fingerprint density at radius 2 is 1.89 bits per heavy atom. The van der Waals surface area contributed by atoms with Gasteiger partial charge in [-0.3, -0.25) is 4.79 Å². The summed E-state index contributed by atoms with van der Waals surface area (Å²) in [5.74, 6) is -0.386. The Labute approximate surface area is 103 Å². The zero-order chi connectivity index (χ0) is 13.6. The Kier molecular flexibility index (Phi) is 5.15. The van der Waals surface area contributed by atoms with Crippen molar-refractivity contribution in [3.63, 3.8) is 0 Å². The number of rotatable bonds is 5. The fraction of sp³-hybridized carbons (Fsp3) is 0.417. The van der Waals surface area contributed by atoms with E-state index in [1.54, 1.807) is 0 Å². The first-order valence-corrected chi connectivity index (χ1v) is 5.48. The van der Waals surface area contributed by atoms with E-state index in [0.717, 1.165) is 18.6 Å². The minimum atomic E-state index is -4.37. The second-order valence-electron chi connectivity index (χ2n) is 3.68. The van der Waals surface area contributed by atoms with Crippen LogP contribution in [0.5, 0.6) is 0 Å². The molecule has 1 aromatic rings. The highest BCUT2D eigenvalue weighted by molar-refractivity contribution is 5.91. The van der Waals surface area contributed by atoms with Crippen molar-refractivity contribution in [2.75, 3.05) is 18.5 Å². The molecule has 18 heavy (non-hydrogen) atoms. The Balaban J connectivity index is 2.51. The number of alkyl halides is 3. The normalized spacial score (nSPS) is 11.3. The fourth-order valence-electron chi connectivity index (χ4n) is 1.25. The Hall–Kier alpha value is -1.56. The smallest absolute Gasteiger partial charge is 0.372 e. The van der Waals surface area contributed by atoms with Crippen LogP contribution in [0.1, 0.15) is 18.9 Å². The van der Waals surface area contributed by atoms with Crippen LogP contribution in [-0.2, 0) is 15.7 Å². The average Bonchev–Trinajstić information content (AvgIpc) is 2.29. The lowest BCUT2D eigenvalue weighted by Crippen LogP contribution is -2.18. The number of nitrogens with one attached hydrogen (secondary N) is 1. The van der Waals surface area contributed by atoms with Crippen molar-refractivity contribution in [2.24, 2.45) is 0 Å². The molecular formula is C12H14F3NO2. The zero-order valence-electron chi connectivity index (χ0n) is 9.88. The molecule has 0 aliphatic heterocycles. The van der Waals surface area contributed by atoms with Gasteiger partial charge in [-0.2, -0.15) is 13.2 Å². The Bertz CT molecular complexity index is 387. The molecule has 0 aliphatic carbocycles. The summed E-state index contributed by atoms with van der Waals surface area (Å²) in [5.41, 5.74) is -0.434. The number of anilines is 1. The van der Waals surface area contributed by atoms with E-state index in [9.17, 15) is 18.0 Å². The Morgan fingerprint density at radius 1 is 1.28 bits per heavy atom. The lowest BCUT2D eigenvalue weighted by Gasteiger charge is -2.08. The van der Waals surface area contributed by atoms with Gasteiger partial charge in [-0.15, -0.1) is 0 Å². The standard InChI is InChI=1S/C12H14F3NO2/c1-2-7-18-8-11(17)16-10-5-3-9(4-6-10)12(13,14)15/h3-6H,2,7-8H2,1H3,(H,16,17). The largest absolute Gasteiger partial charge is 0.416 e. The third-order valence-electron chi connectivity index (χ3n) is 2.08. The lowest BCUT2D eigenvalue weighted by atomic mass is 10.2. The molecule has 1 aromatic carbocycles. The quantitative estimate of drug-likeness (QED) is 0.827.